The van der Waals surface area contributed by atoms with Crippen LogP contribution in [0.25, 0.3) is 5.69 Å². The molecule has 3 rings (SSSR count). The highest BCUT2D eigenvalue weighted by Crippen LogP contribution is 2.26. The van der Waals surface area contributed by atoms with Crippen molar-refractivity contribution in [2.45, 2.75) is 57.7 Å². The molecule has 0 saturated carbocycles. The van der Waals surface area contributed by atoms with Crippen LogP contribution in [0.15, 0.2) is 29.7 Å². The number of benzene rings is 1. The molecule has 2 heterocycles. The third kappa shape index (κ3) is 6.01. The van der Waals surface area contributed by atoms with E-state index in [4.69, 9.17) is 11.6 Å². The van der Waals surface area contributed by atoms with Crippen molar-refractivity contribution in [3.05, 3.63) is 35.1 Å². The first-order chi connectivity index (χ1) is 14.9. The molecule has 2 aromatic rings. The molecule has 7 nitrogen and oxygen atoms in total. The molecule has 2 unspecified atom stereocenters. The first kappa shape index (κ1) is 23.6. The molecule has 2 atom stereocenters. The normalized spacial score (nSPS) is 18.8. The van der Waals surface area contributed by atoms with Gasteiger partial charge in [0, 0.05) is 24.2 Å². The van der Waals surface area contributed by atoms with Crippen molar-refractivity contribution in [3.8, 4) is 5.69 Å². The Labute approximate surface area is 192 Å². The number of nitrogens with one attached hydrogen (secondary N) is 1. The van der Waals surface area contributed by atoms with Crippen LogP contribution in [-0.4, -0.2) is 56.4 Å². The number of likely N-dealkylation sites (tertiary alicyclic amines) is 1. The molecule has 1 aliphatic heterocycles. The lowest BCUT2D eigenvalue weighted by Crippen LogP contribution is -2.50. The van der Waals surface area contributed by atoms with Gasteiger partial charge in [0.25, 0.3) is 0 Å². The van der Waals surface area contributed by atoms with Crippen molar-refractivity contribution >= 4 is 35.2 Å². The van der Waals surface area contributed by atoms with E-state index in [9.17, 15) is 9.59 Å². The third-order valence-electron chi connectivity index (χ3n) is 5.68. The summed E-state index contributed by atoms with van der Waals surface area (Å²) in [5, 5.41) is 12.5. The molecule has 1 saturated heterocycles. The highest BCUT2D eigenvalue weighted by molar-refractivity contribution is 7.99. The number of aryl methyl sites for hydroxylation is 1. The summed E-state index contributed by atoms with van der Waals surface area (Å²) in [6.07, 6.45) is 5.29. The standard InChI is InChI=1S/C22H30ClN5O2S/c1-4-5-10-24-21(30)17-8-7-16(3)27(12-17)20(29)13-31-22-26-25-14-28(22)18-9-6-15(2)19(23)11-18/h6,9,11,14,16-17H,4-5,7-8,10,12-13H2,1-3H3,(H,24,30). The SMILES string of the molecule is CCCCNC(=O)C1CCC(C)N(C(=O)CSc2nncn2-c2ccc(C)c(Cl)c2)C1. The van der Waals surface area contributed by atoms with Crippen LogP contribution in [-0.2, 0) is 9.59 Å². The van der Waals surface area contributed by atoms with Gasteiger partial charge >= 0.3 is 0 Å². The highest BCUT2D eigenvalue weighted by Gasteiger charge is 2.32. The zero-order valence-electron chi connectivity index (χ0n) is 18.3. The van der Waals surface area contributed by atoms with Crippen LogP contribution in [0.5, 0.6) is 0 Å². The van der Waals surface area contributed by atoms with E-state index in [0.29, 0.717) is 23.3 Å². The average molecular weight is 464 g/mol. The fraction of sp³-hybridized carbons (Fsp3) is 0.545. The van der Waals surface area contributed by atoms with Crippen LogP contribution in [0, 0.1) is 12.8 Å². The fourth-order valence-electron chi connectivity index (χ4n) is 3.64. The van der Waals surface area contributed by atoms with Gasteiger partial charge in [0.1, 0.15) is 6.33 Å². The number of hydrogen-bond acceptors (Lipinski definition) is 5. The lowest BCUT2D eigenvalue weighted by atomic mass is 9.92. The summed E-state index contributed by atoms with van der Waals surface area (Å²) >= 11 is 7.60. The van der Waals surface area contributed by atoms with E-state index >= 15 is 0 Å². The molecule has 1 N–H and O–H groups in total. The van der Waals surface area contributed by atoms with Gasteiger partial charge in [-0.1, -0.05) is 42.8 Å². The Kier molecular flexibility index (Phi) is 8.37. The Morgan fingerprint density at radius 2 is 2.13 bits per heavy atom. The number of thioether (sulfide) groups is 1. The van der Waals surface area contributed by atoms with E-state index in [0.717, 1.165) is 36.9 Å². The number of carbonyl (C=O) groups excluding carboxylic acids is 2. The van der Waals surface area contributed by atoms with Crippen LogP contribution in [0.1, 0.15) is 45.1 Å². The molecular weight excluding hydrogens is 434 g/mol. The van der Waals surface area contributed by atoms with Crippen molar-refractivity contribution < 1.29 is 9.59 Å². The third-order valence-corrected chi connectivity index (χ3v) is 7.01. The summed E-state index contributed by atoms with van der Waals surface area (Å²) in [5.74, 6) is 0.175. The topological polar surface area (TPSA) is 80.1 Å². The molecule has 9 heteroatoms. The minimum absolute atomic E-state index is 0.0139. The molecule has 0 spiro atoms. The second-order valence-corrected chi connectivity index (χ2v) is 9.37. The number of carbonyl (C=O) groups is 2. The fourth-order valence-corrected chi connectivity index (χ4v) is 4.63. The number of halogens is 1. The number of amides is 2. The maximum absolute atomic E-state index is 13.0. The molecule has 1 aromatic carbocycles. The number of nitrogens with zero attached hydrogens (tertiary/aromatic N) is 4. The van der Waals surface area contributed by atoms with E-state index in [1.807, 2.05) is 41.5 Å². The van der Waals surface area contributed by atoms with Crippen LogP contribution >= 0.6 is 23.4 Å². The second-order valence-electron chi connectivity index (χ2n) is 8.02. The van der Waals surface area contributed by atoms with Gasteiger partial charge in [0.05, 0.1) is 17.4 Å². The lowest BCUT2D eigenvalue weighted by Gasteiger charge is -2.37. The predicted octanol–water partition coefficient (Wildman–Crippen LogP) is 3.86. The molecule has 0 radical (unpaired) electrons. The summed E-state index contributed by atoms with van der Waals surface area (Å²) in [6, 6.07) is 5.88. The Hall–Kier alpha value is -2.06. The zero-order valence-corrected chi connectivity index (χ0v) is 19.9. The molecule has 31 heavy (non-hydrogen) atoms. The molecule has 1 fully saturated rings. The largest absolute Gasteiger partial charge is 0.356 e. The second kappa shape index (κ2) is 11.0. The first-order valence-corrected chi connectivity index (χ1v) is 12.1. The molecule has 0 aliphatic carbocycles. The summed E-state index contributed by atoms with van der Waals surface area (Å²) < 4.78 is 1.83. The molecule has 1 aromatic heterocycles. The molecule has 168 valence electrons. The van der Waals surface area contributed by atoms with E-state index in [1.165, 1.54) is 11.8 Å². The molecule has 0 bridgehead atoms. The highest BCUT2D eigenvalue weighted by atomic mass is 35.5. The predicted molar refractivity (Wildman–Crippen MR) is 124 cm³/mol. The van der Waals surface area contributed by atoms with Gasteiger partial charge in [-0.25, -0.2) is 0 Å². The van der Waals surface area contributed by atoms with E-state index in [2.05, 4.69) is 22.4 Å². The Balaban J connectivity index is 1.61. The maximum atomic E-state index is 13.0. The van der Waals surface area contributed by atoms with Crippen LogP contribution in [0.2, 0.25) is 5.02 Å². The number of unbranched alkanes of at least 4 members (excludes halogenated alkanes) is 1. The Bertz CT molecular complexity index is 919. The maximum Gasteiger partial charge on any atom is 0.233 e. The lowest BCUT2D eigenvalue weighted by molar-refractivity contribution is -0.136. The van der Waals surface area contributed by atoms with E-state index in [-0.39, 0.29) is 29.5 Å². The molecule has 2 amide bonds. The van der Waals surface area contributed by atoms with Gasteiger partial charge in [-0.2, -0.15) is 0 Å². The van der Waals surface area contributed by atoms with Crippen molar-refractivity contribution in [1.82, 2.24) is 25.0 Å². The van der Waals surface area contributed by atoms with Crippen molar-refractivity contribution in [3.63, 3.8) is 0 Å². The Morgan fingerprint density at radius 1 is 1.32 bits per heavy atom. The molecular formula is C22H30ClN5O2S. The zero-order chi connectivity index (χ0) is 22.4. The smallest absolute Gasteiger partial charge is 0.233 e. The van der Waals surface area contributed by atoms with Crippen molar-refractivity contribution in [2.24, 2.45) is 5.92 Å². The van der Waals surface area contributed by atoms with Crippen LogP contribution in [0.4, 0.5) is 0 Å². The van der Waals surface area contributed by atoms with Gasteiger partial charge in [-0.05, 0) is 50.8 Å². The van der Waals surface area contributed by atoms with E-state index in [1.54, 1.807) is 6.33 Å². The number of rotatable bonds is 8. The molecule has 1 aliphatic rings. The summed E-state index contributed by atoms with van der Waals surface area (Å²) in [7, 11) is 0. The van der Waals surface area contributed by atoms with Crippen molar-refractivity contribution in [1.29, 1.82) is 0 Å². The van der Waals surface area contributed by atoms with Crippen LogP contribution in [0.3, 0.4) is 0 Å². The van der Waals surface area contributed by atoms with Gasteiger partial charge in [-0.3, -0.25) is 14.2 Å². The summed E-state index contributed by atoms with van der Waals surface area (Å²) in [6.45, 7) is 7.26. The van der Waals surface area contributed by atoms with E-state index < -0.39 is 0 Å². The van der Waals surface area contributed by atoms with Gasteiger partial charge < -0.3 is 10.2 Å². The quantitative estimate of drug-likeness (QED) is 0.475. The Morgan fingerprint density at radius 3 is 2.87 bits per heavy atom. The summed E-state index contributed by atoms with van der Waals surface area (Å²) in [5.41, 5.74) is 1.85. The van der Waals surface area contributed by atoms with Gasteiger partial charge in [0.2, 0.25) is 11.8 Å². The monoisotopic (exact) mass is 463 g/mol. The first-order valence-electron chi connectivity index (χ1n) is 10.8. The minimum atomic E-state index is -0.139. The van der Waals surface area contributed by atoms with Crippen molar-refractivity contribution in [2.75, 3.05) is 18.8 Å². The average Bonchev–Trinajstić information content (AvgIpc) is 3.23. The van der Waals surface area contributed by atoms with Gasteiger partial charge in [0.15, 0.2) is 5.16 Å². The summed E-state index contributed by atoms with van der Waals surface area (Å²) in [4.78, 5) is 27.3. The number of aromatic nitrogens is 3. The number of hydrogen-bond donors (Lipinski definition) is 1. The number of piperidine rings is 1. The minimum Gasteiger partial charge on any atom is -0.356 e. The van der Waals surface area contributed by atoms with Gasteiger partial charge in [-0.15, -0.1) is 10.2 Å². The van der Waals surface area contributed by atoms with Crippen LogP contribution < -0.4 is 5.32 Å².